The molecule has 0 atom stereocenters. The molecule has 0 saturated heterocycles. The molecule has 0 aliphatic rings. The summed E-state index contributed by atoms with van der Waals surface area (Å²) >= 11 is 6.67. The van der Waals surface area contributed by atoms with E-state index in [1.807, 2.05) is 19.9 Å². The Morgan fingerprint density at radius 2 is 2.25 bits per heavy atom. The van der Waals surface area contributed by atoms with Crippen LogP contribution >= 0.6 is 23.6 Å². The van der Waals surface area contributed by atoms with Crippen LogP contribution in [0.3, 0.4) is 0 Å². The molecule has 0 aliphatic heterocycles. The number of aryl methyl sites for hydroxylation is 1. The number of hydrogen-bond donors (Lipinski definition) is 1. The van der Waals surface area contributed by atoms with Crippen molar-refractivity contribution in [1.29, 1.82) is 0 Å². The number of nitrogens with one attached hydrogen (secondary N) is 1. The zero-order chi connectivity index (χ0) is 14.7. The minimum atomic E-state index is -0.446. The molecule has 0 saturated carbocycles. The van der Waals surface area contributed by atoms with Crippen molar-refractivity contribution in [3.05, 3.63) is 26.1 Å². The van der Waals surface area contributed by atoms with Crippen LogP contribution in [0.25, 0.3) is 10.2 Å². The first-order valence-electron chi connectivity index (χ1n) is 6.48. The number of hydrogen-bond acceptors (Lipinski definition) is 5. The smallest absolute Gasteiger partial charge is 0.326 e. The van der Waals surface area contributed by atoms with Gasteiger partial charge in [-0.25, -0.2) is 0 Å². The molecule has 0 unspecified atom stereocenters. The van der Waals surface area contributed by atoms with E-state index in [4.69, 9.17) is 17.0 Å². The Hall–Kier alpha value is -1.47. The van der Waals surface area contributed by atoms with E-state index in [2.05, 4.69) is 4.98 Å². The van der Waals surface area contributed by atoms with Crippen molar-refractivity contribution in [1.82, 2.24) is 9.55 Å². The second kappa shape index (κ2) is 6.32. The number of carbonyl (C=O) groups excluding carboxylic acids is 1. The summed E-state index contributed by atoms with van der Waals surface area (Å²) in [6.45, 7) is 4.14. The van der Waals surface area contributed by atoms with Crippen molar-refractivity contribution in [2.24, 2.45) is 0 Å². The van der Waals surface area contributed by atoms with Crippen molar-refractivity contribution < 1.29 is 9.53 Å². The highest BCUT2D eigenvalue weighted by molar-refractivity contribution is 7.71. The molecule has 1 N–H and O–H groups in total. The molecule has 0 aromatic carbocycles. The predicted molar refractivity (Wildman–Crippen MR) is 81.9 cm³/mol. The molecule has 7 heteroatoms. The predicted octanol–water partition coefficient (Wildman–Crippen LogP) is 2.64. The molecule has 2 aromatic rings. The normalized spacial score (nSPS) is 10.9. The Labute approximate surface area is 125 Å². The van der Waals surface area contributed by atoms with Crippen molar-refractivity contribution in [3.8, 4) is 0 Å². The van der Waals surface area contributed by atoms with Crippen molar-refractivity contribution in [3.63, 3.8) is 0 Å². The monoisotopic (exact) mass is 312 g/mol. The van der Waals surface area contributed by atoms with Gasteiger partial charge in [0.05, 0.1) is 12.0 Å². The van der Waals surface area contributed by atoms with Crippen molar-refractivity contribution in [2.75, 3.05) is 6.61 Å². The fraction of sp³-hybridized carbons (Fsp3) is 0.462. The van der Waals surface area contributed by atoms with E-state index in [0.717, 1.165) is 22.5 Å². The summed E-state index contributed by atoms with van der Waals surface area (Å²) in [4.78, 5) is 28.9. The third-order valence-corrected chi connectivity index (χ3v) is 4.34. The highest BCUT2D eigenvalue weighted by Gasteiger charge is 2.12. The molecule has 20 heavy (non-hydrogen) atoms. The Kier molecular flexibility index (Phi) is 4.72. The molecule has 2 rings (SSSR count). The first kappa shape index (κ1) is 14.9. The molecule has 0 spiro atoms. The van der Waals surface area contributed by atoms with Gasteiger partial charge in [-0.3, -0.25) is 14.2 Å². The van der Waals surface area contributed by atoms with Gasteiger partial charge < -0.3 is 9.72 Å². The van der Waals surface area contributed by atoms with E-state index < -0.39 is 5.97 Å². The van der Waals surface area contributed by atoms with Crippen LogP contribution in [0.5, 0.6) is 0 Å². The third kappa shape index (κ3) is 2.99. The van der Waals surface area contributed by atoms with Crippen molar-refractivity contribution >= 4 is 39.7 Å². The molecule has 0 fully saturated rings. The fourth-order valence-corrected chi connectivity index (χ4v) is 3.11. The number of esters is 1. The molecule has 108 valence electrons. The van der Waals surface area contributed by atoms with Gasteiger partial charge in [0.15, 0.2) is 4.77 Å². The standard InChI is InChI=1S/C13H16N2O3S2/c1-3-5-18-10(16)7-15-12(17)9-6-8(4-2)20-11(9)14-13(15)19/h6H,3-5,7H2,1-2H3,(H,14,19). The lowest BCUT2D eigenvalue weighted by atomic mass is 10.3. The quantitative estimate of drug-likeness (QED) is 0.681. The Balaban J connectivity index is 2.41. The lowest BCUT2D eigenvalue weighted by Crippen LogP contribution is -2.26. The van der Waals surface area contributed by atoms with Crippen LogP contribution in [0.1, 0.15) is 25.1 Å². The number of nitrogens with zero attached hydrogens (tertiary/aromatic N) is 1. The topological polar surface area (TPSA) is 64.1 Å². The number of fused-ring (bicyclic) bond motifs is 1. The van der Waals surface area contributed by atoms with Crippen LogP contribution in [-0.4, -0.2) is 22.1 Å². The summed E-state index contributed by atoms with van der Waals surface area (Å²) in [6.07, 6.45) is 1.61. The molecular formula is C13H16N2O3S2. The van der Waals surface area contributed by atoms with Gasteiger partial charge in [0.25, 0.3) is 5.56 Å². The van der Waals surface area contributed by atoms with Gasteiger partial charge in [-0.15, -0.1) is 11.3 Å². The van der Waals surface area contributed by atoms with E-state index in [-0.39, 0.29) is 16.9 Å². The molecule has 0 aliphatic carbocycles. The zero-order valence-corrected chi connectivity index (χ0v) is 13.0. The maximum atomic E-state index is 12.4. The summed E-state index contributed by atoms with van der Waals surface area (Å²) in [6, 6.07) is 1.85. The van der Waals surface area contributed by atoms with Crippen LogP contribution in [0.4, 0.5) is 0 Å². The highest BCUT2D eigenvalue weighted by atomic mass is 32.1. The largest absolute Gasteiger partial charge is 0.464 e. The van der Waals surface area contributed by atoms with Gasteiger partial charge in [-0.05, 0) is 31.1 Å². The molecule has 0 radical (unpaired) electrons. The minimum Gasteiger partial charge on any atom is -0.464 e. The Bertz CT molecular complexity index is 742. The molecule has 0 amide bonds. The van der Waals surface area contributed by atoms with Crippen LogP contribution < -0.4 is 5.56 Å². The number of H-pyrrole nitrogens is 1. The average Bonchev–Trinajstić information content (AvgIpc) is 2.84. The molecule has 2 aromatic heterocycles. The Morgan fingerprint density at radius 1 is 1.50 bits per heavy atom. The van der Waals surface area contributed by atoms with Crippen LogP contribution in [0, 0.1) is 4.77 Å². The van der Waals surface area contributed by atoms with Gasteiger partial charge in [0.2, 0.25) is 0 Å². The summed E-state index contributed by atoms with van der Waals surface area (Å²) in [5.41, 5.74) is -0.242. The van der Waals surface area contributed by atoms with Gasteiger partial charge in [0, 0.05) is 4.88 Å². The summed E-state index contributed by atoms with van der Waals surface area (Å²) in [7, 11) is 0. The first-order chi connectivity index (χ1) is 9.56. The lowest BCUT2D eigenvalue weighted by Gasteiger charge is -2.06. The summed E-state index contributed by atoms with van der Waals surface area (Å²) in [5, 5.41) is 0.573. The number of aromatic nitrogens is 2. The van der Waals surface area contributed by atoms with E-state index in [1.165, 1.54) is 15.9 Å². The van der Waals surface area contributed by atoms with Crippen LogP contribution in [-0.2, 0) is 22.5 Å². The second-order valence-corrected chi connectivity index (χ2v) is 5.87. The van der Waals surface area contributed by atoms with Gasteiger partial charge in [-0.1, -0.05) is 13.8 Å². The molecule has 2 heterocycles. The Morgan fingerprint density at radius 3 is 2.90 bits per heavy atom. The summed E-state index contributed by atoms with van der Waals surface area (Å²) < 4.78 is 6.49. The molecule has 5 nitrogen and oxygen atoms in total. The average molecular weight is 312 g/mol. The van der Waals surface area contributed by atoms with Gasteiger partial charge >= 0.3 is 5.97 Å². The van der Waals surface area contributed by atoms with E-state index in [0.29, 0.717) is 12.0 Å². The SMILES string of the molecule is CCCOC(=O)Cn1c(=S)[nH]c2sc(CC)cc2c1=O. The molecular weight excluding hydrogens is 296 g/mol. The lowest BCUT2D eigenvalue weighted by molar-refractivity contribution is -0.144. The number of thiophene rings is 1. The van der Waals surface area contributed by atoms with Crippen LogP contribution in [0.15, 0.2) is 10.9 Å². The van der Waals surface area contributed by atoms with Crippen molar-refractivity contribution in [2.45, 2.75) is 33.2 Å². The number of aromatic amines is 1. The third-order valence-electron chi connectivity index (χ3n) is 2.83. The highest BCUT2D eigenvalue weighted by Crippen LogP contribution is 2.21. The maximum Gasteiger partial charge on any atom is 0.326 e. The number of rotatable bonds is 5. The van der Waals surface area contributed by atoms with E-state index in [9.17, 15) is 9.59 Å². The van der Waals surface area contributed by atoms with E-state index >= 15 is 0 Å². The minimum absolute atomic E-state index is 0.151. The number of carbonyl (C=O) groups is 1. The van der Waals surface area contributed by atoms with Gasteiger partial charge in [0.1, 0.15) is 11.4 Å². The fourth-order valence-electron chi connectivity index (χ4n) is 1.80. The maximum absolute atomic E-state index is 12.4. The zero-order valence-electron chi connectivity index (χ0n) is 11.4. The number of ether oxygens (including phenoxy) is 1. The summed E-state index contributed by atoms with van der Waals surface area (Å²) in [5.74, 6) is -0.446. The second-order valence-electron chi connectivity index (χ2n) is 4.35. The van der Waals surface area contributed by atoms with Gasteiger partial charge in [-0.2, -0.15) is 0 Å². The van der Waals surface area contributed by atoms with E-state index in [1.54, 1.807) is 0 Å². The first-order valence-corrected chi connectivity index (χ1v) is 7.70. The van der Waals surface area contributed by atoms with Crippen LogP contribution in [0.2, 0.25) is 0 Å². The molecule has 0 bridgehead atoms.